The Bertz CT molecular complexity index is 775. The number of hydrogen-bond donors (Lipinski definition) is 2. The van der Waals surface area contributed by atoms with Crippen LogP contribution in [-0.2, 0) is 17.1 Å². The summed E-state index contributed by atoms with van der Waals surface area (Å²) >= 11 is 1.22. The highest BCUT2D eigenvalue weighted by Gasteiger charge is 2.22. The van der Waals surface area contributed by atoms with E-state index in [1.807, 2.05) is 0 Å². The van der Waals surface area contributed by atoms with Crippen molar-refractivity contribution in [3.63, 3.8) is 0 Å². The number of nitrogens with zero attached hydrogens (tertiary/aromatic N) is 3. The molecule has 0 radical (unpaired) electrons. The van der Waals surface area contributed by atoms with Crippen LogP contribution in [0, 0.1) is 13.8 Å². The highest BCUT2D eigenvalue weighted by molar-refractivity contribution is 7.89. The number of thiazole rings is 1. The molecule has 0 spiro atoms. The fraction of sp³-hybridized carbons (Fsp3) is 0.300. The molecule has 20 heavy (non-hydrogen) atoms. The number of carbonyl (C=O) groups is 1. The third-order valence-electron chi connectivity index (χ3n) is 2.44. The summed E-state index contributed by atoms with van der Waals surface area (Å²) in [6.45, 7) is 3.49. The van der Waals surface area contributed by atoms with Gasteiger partial charge in [0, 0.05) is 13.2 Å². The lowest BCUT2D eigenvalue weighted by Crippen LogP contribution is -2.17. The van der Waals surface area contributed by atoms with Gasteiger partial charge in [-0.15, -0.1) is 11.3 Å². The third-order valence-corrected chi connectivity index (χ3v) is 4.43. The van der Waals surface area contributed by atoms with Gasteiger partial charge in [-0.1, -0.05) is 0 Å². The normalized spacial score (nSPS) is 11.6. The van der Waals surface area contributed by atoms with Crippen molar-refractivity contribution in [3.05, 3.63) is 21.8 Å². The van der Waals surface area contributed by atoms with E-state index in [0.29, 0.717) is 10.6 Å². The van der Waals surface area contributed by atoms with Crippen LogP contribution in [0.3, 0.4) is 0 Å². The van der Waals surface area contributed by atoms with Gasteiger partial charge < -0.3 is 5.32 Å². The van der Waals surface area contributed by atoms with E-state index in [2.05, 4.69) is 15.4 Å². The summed E-state index contributed by atoms with van der Waals surface area (Å²) in [6, 6.07) is 0. The van der Waals surface area contributed by atoms with Crippen molar-refractivity contribution in [1.29, 1.82) is 0 Å². The van der Waals surface area contributed by atoms with Crippen LogP contribution in [0.4, 0.5) is 5.82 Å². The second kappa shape index (κ2) is 4.96. The van der Waals surface area contributed by atoms with Crippen molar-refractivity contribution in [2.75, 3.05) is 5.32 Å². The maximum absolute atomic E-state index is 12.1. The summed E-state index contributed by atoms with van der Waals surface area (Å²) in [5.41, 5.74) is 0.582. The monoisotopic (exact) mass is 315 g/mol. The molecule has 2 rings (SSSR count). The van der Waals surface area contributed by atoms with Crippen molar-refractivity contribution in [1.82, 2.24) is 14.8 Å². The standard InChI is InChI=1S/C10H13N5O3S2/c1-5-8(19-6(2)12-5)10(16)13-9-7(20(11,17)18)4-15(3)14-9/h4H,1-3H3,(H2,11,17,18)(H,13,14,16). The van der Waals surface area contributed by atoms with Gasteiger partial charge in [-0.3, -0.25) is 9.48 Å². The first-order chi connectivity index (χ1) is 9.18. The van der Waals surface area contributed by atoms with Crippen LogP contribution in [0.15, 0.2) is 11.1 Å². The predicted molar refractivity (Wildman–Crippen MR) is 74.1 cm³/mol. The molecule has 3 N–H and O–H groups in total. The van der Waals surface area contributed by atoms with Gasteiger partial charge in [0.15, 0.2) is 5.82 Å². The van der Waals surface area contributed by atoms with Crippen molar-refractivity contribution in [2.45, 2.75) is 18.7 Å². The Morgan fingerprint density at radius 2 is 2.10 bits per heavy atom. The van der Waals surface area contributed by atoms with Crippen molar-refractivity contribution in [3.8, 4) is 0 Å². The molecule has 1 amide bonds. The summed E-state index contributed by atoms with van der Waals surface area (Å²) in [7, 11) is -2.42. The lowest BCUT2D eigenvalue weighted by atomic mass is 10.4. The number of rotatable bonds is 3. The number of amides is 1. The zero-order valence-corrected chi connectivity index (χ0v) is 12.7. The minimum atomic E-state index is -3.96. The molecule has 0 aliphatic rings. The Balaban J connectivity index is 2.36. The smallest absolute Gasteiger partial charge is 0.268 e. The number of carbonyl (C=O) groups excluding carboxylic acids is 1. The second-order valence-electron chi connectivity index (χ2n) is 4.16. The zero-order chi connectivity index (χ0) is 15.1. The van der Waals surface area contributed by atoms with Gasteiger partial charge >= 0.3 is 0 Å². The molecule has 2 aromatic heterocycles. The van der Waals surface area contributed by atoms with Gasteiger partial charge in [0.1, 0.15) is 9.77 Å². The lowest BCUT2D eigenvalue weighted by Gasteiger charge is -2.02. The van der Waals surface area contributed by atoms with Crippen LogP contribution in [0.2, 0.25) is 0 Å². The summed E-state index contributed by atoms with van der Waals surface area (Å²) in [4.78, 5) is 16.4. The van der Waals surface area contributed by atoms with E-state index in [1.165, 1.54) is 29.3 Å². The van der Waals surface area contributed by atoms with Gasteiger partial charge in [-0.25, -0.2) is 18.5 Å². The van der Waals surface area contributed by atoms with E-state index in [0.717, 1.165) is 5.01 Å². The molecule has 0 saturated carbocycles. The summed E-state index contributed by atoms with van der Waals surface area (Å²) in [5.74, 6) is -0.554. The first-order valence-corrected chi connectivity index (χ1v) is 7.86. The van der Waals surface area contributed by atoms with Crippen LogP contribution in [0.25, 0.3) is 0 Å². The van der Waals surface area contributed by atoms with Crippen molar-refractivity contribution < 1.29 is 13.2 Å². The van der Waals surface area contributed by atoms with Gasteiger partial charge in [-0.2, -0.15) is 5.10 Å². The predicted octanol–water partition coefficient (Wildman–Crippen LogP) is 0.393. The average molecular weight is 315 g/mol. The number of hydrogen-bond acceptors (Lipinski definition) is 6. The number of nitrogens with two attached hydrogens (primary N) is 1. The molecule has 0 bridgehead atoms. The van der Waals surface area contributed by atoms with Crippen LogP contribution in [-0.4, -0.2) is 29.1 Å². The summed E-state index contributed by atoms with van der Waals surface area (Å²) in [5, 5.41) is 12.2. The Morgan fingerprint density at radius 3 is 2.60 bits per heavy atom. The summed E-state index contributed by atoms with van der Waals surface area (Å²) < 4.78 is 24.1. The molecule has 0 aliphatic heterocycles. The van der Waals surface area contributed by atoms with E-state index in [1.54, 1.807) is 13.8 Å². The molecule has 0 fully saturated rings. The quantitative estimate of drug-likeness (QED) is 0.849. The fourth-order valence-corrected chi connectivity index (χ4v) is 3.14. The van der Waals surface area contributed by atoms with Gasteiger partial charge in [0.05, 0.1) is 10.7 Å². The molecule has 0 aliphatic carbocycles. The van der Waals surface area contributed by atoms with E-state index in [4.69, 9.17) is 5.14 Å². The molecule has 8 nitrogen and oxygen atoms in total. The highest BCUT2D eigenvalue weighted by atomic mass is 32.2. The van der Waals surface area contributed by atoms with Gasteiger partial charge in [-0.05, 0) is 13.8 Å². The largest absolute Gasteiger partial charge is 0.303 e. The number of nitrogens with one attached hydrogen (secondary N) is 1. The molecular weight excluding hydrogens is 302 g/mol. The fourth-order valence-electron chi connectivity index (χ4n) is 1.67. The topological polar surface area (TPSA) is 120 Å². The number of anilines is 1. The van der Waals surface area contributed by atoms with Crippen LogP contribution in [0.5, 0.6) is 0 Å². The molecule has 0 atom stereocenters. The van der Waals surface area contributed by atoms with Crippen molar-refractivity contribution >= 4 is 33.1 Å². The Kier molecular flexibility index (Phi) is 3.63. The van der Waals surface area contributed by atoms with Gasteiger partial charge in [0.2, 0.25) is 10.0 Å². The first-order valence-electron chi connectivity index (χ1n) is 5.50. The molecular formula is C10H13N5O3S2. The van der Waals surface area contributed by atoms with E-state index in [-0.39, 0.29) is 10.7 Å². The molecule has 2 heterocycles. The maximum Gasteiger partial charge on any atom is 0.268 e. The minimum Gasteiger partial charge on any atom is -0.303 e. The van der Waals surface area contributed by atoms with E-state index < -0.39 is 15.9 Å². The molecule has 108 valence electrons. The second-order valence-corrected chi connectivity index (χ2v) is 6.90. The summed E-state index contributed by atoms with van der Waals surface area (Å²) in [6.07, 6.45) is 1.23. The van der Waals surface area contributed by atoms with Crippen LogP contribution < -0.4 is 10.5 Å². The minimum absolute atomic E-state index is 0.0922. The molecule has 2 aromatic rings. The maximum atomic E-state index is 12.1. The van der Waals surface area contributed by atoms with Crippen LogP contribution >= 0.6 is 11.3 Å². The third kappa shape index (κ3) is 2.86. The molecule has 0 aromatic carbocycles. The average Bonchev–Trinajstić information content (AvgIpc) is 2.81. The SMILES string of the molecule is Cc1nc(C)c(C(=O)Nc2nn(C)cc2S(N)(=O)=O)s1. The molecule has 0 unspecified atom stereocenters. The number of primary sulfonamides is 1. The number of sulfonamides is 1. The lowest BCUT2D eigenvalue weighted by molar-refractivity contribution is 0.102. The van der Waals surface area contributed by atoms with Gasteiger partial charge in [0.25, 0.3) is 5.91 Å². The number of aromatic nitrogens is 3. The van der Waals surface area contributed by atoms with E-state index >= 15 is 0 Å². The Hall–Kier alpha value is -1.78. The highest BCUT2D eigenvalue weighted by Crippen LogP contribution is 2.21. The van der Waals surface area contributed by atoms with E-state index in [9.17, 15) is 13.2 Å². The Labute approximate surface area is 119 Å². The van der Waals surface area contributed by atoms with Crippen molar-refractivity contribution in [2.24, 2.45) is 12.2 Å². The molecule has 10 heteroatoms. The molecule has 0 saturated heterocycles. The Morgan fingerprint density at radius 1 is 1.45 bits per heavy atom. The first kappa shape index (κ1) is 14.6. The van der Waals surface area contributed by atoms with Crippen LogP contribution in [0.1, 0.15) is 20.4 Å². The zero-order valence-electron chi connectivity index (χ0n) is 11.0. The number of aryl methyl sites for hydroxylation is 3.